The van der Waals surface area contributed by atoms with Gasteiger partial charge in [0.2, 0.25) is 11.7 Å². The number of carbonyl (C=O) groups excluding carboxylic acids is 1. The smallest absolute Gasteiger partial charge is 0.219 e. The molecule has 0 aliphatic carbocycles. The van der Waals surface area contributed by atoms with Crippen molar-refractivity contribution < 1.29 is 19.0 Å². The summed E-state index contributed by atoms with van der Waals surface area (Å²) in [5.41, 5.74) is 6.11. The fraction of sp³-hybridized carbons (Fsp3) is 0.500. The lowest BCUT2D eigenvalue weighted by Gasteiger charge is -2.22. The Balaban J connectivity index is 3.29. The van der Waals surface area contributed by atoms with Crippen LogP contribution in [0.2, 0.25) is 0 Å². The molecule has 20 heavy (non-hydrogen) atoms. The van der Waals surface area contributed by atoms with Gasteiger partial charge in [0.1, 0.15) is 0 Å². The summed E-state index contributed by atoms with van der Waals surface area (Å²) in [4.78, 5) is 11.2. The third kappa shape index (κ3) is 3.54. The van der Waals surface area contributed by atoms with Crippen molar-refractivity contribution in [3.63, 3.8) is 0 Å². The molecule has 0 aliphatic rings. The summed E-state index contributed by atoms with van der Waals surface area (Å²) in [5.74, 6) is 1.23. The molecule has 1 rings (SSSR count). The van der Waals surface area contributed by atoms with Gasteiger partial charge in [0.15, 0.2) is 11.5 Å². The summed E-state index contributed by atoms with van der Waals surface area (Å²) in [6.07, 6.45) is 0.180. The third-order valence-corrected chi connectivity index (χ3v) is 2.97. The molecule has 0 heterocycles. The summed E-state index contributed by atoms with van der Waals surface area (Å²) in [7, 11) is 4.65. The molecule has 112 valence electrons. The van der Waals surface area contributed by atoms with E-state index < -0.39 is 0 Å². The number of hydrogen-bond acceptors (Lipinski definition) is 5. The van der Waals surface area contributed by atoms with Gasteiger partial charge in [0, 0.05) is 18.0 Å². The molecule has 0 saturated carbocycles. The second-order valence-electron chi connectivity index (χ2n) is 4.20. The minimum absolute atomic E-state index is 0.180. The van der Waals surface area contributed by atoms with Crippen LogP contribution in [0.25, 0.3) is 0 Å². The van der Waals surface area contributed by atoms with E-state index in [1.54, 1.807) is 27.4 Å². The SMILES string of the molecule is CCNC(CC(N)=O)c1ccc(OC)c(OC)c1OC. The molecule has 0 aromatic heterocycles. The molecule has 1 aromatic carbocycles. The van der Waals surface area contributed by atoms with Crippen LogP contribution in [0.1, 0.15) is 24.9 Å². The topological polar surface area (TPSA) is 82.8 Å². The highest BCUT2D eigenvalue weighted by atomic mass is 16.5. The molecular weight excluding hydrogens is 260 g/mol. The van der Waals surface area contributed by atoms with Gasteiger partial charge in [-0.2, -0.15) is 0 Å². The van der Waals surface area contributed by atoms with Gasteiger partial charge in [-0.3, -0.25) is 4.79 Å². The molecule has 1 unspecified atom stereocenters. The van der Waals surface area contributed by atoms with Gasteiger partial charge in [-0.25, -0.2) is 0 Å². The summed E-state index contributed by atoms with van der Waals surface area (Å²) in [6, 6.07) is 3.39. The number of hydrogen-bond donors (Lipinski definition) is 2. The fourth-order valence-electron chi connectivity index (χ4n) is 2.14. The number of primary amides is 1. The molecule has 1 amide bonds. The Hall–Kier alpha value is -1.95. The van der Waals surface area contributed by atoms with Crippen LogP contribution in [0, 0.1) is 0 Å². The van der Waals surface area contributed by atoms with E-state index in [0.717, 1.165) is 5.56 Å². The number of rotatable bonds is 8. The van der Waals surface area contributed by atoms with Gasteiger partial charge in [0.25, 0.3) is 0 Å². The summed E-state index contributed by atoms with van der Waals surface area (Å²) in [6.45, 7) is 2.66. The number of nitrogens with two attached hydrogens (primary N) is 1. The maximum Gasteiger partial charge on any atom is 0.219 e. The summed E-state index contributed by atoms with van der Waals surface area (Å²) >= 11 is 0. The van der Waals surface area contributed by atoms with Crippen molar-refractivity contribution in [1.82, 2.24) is 5.32 Å². The van der Waals surface area contributed by atoms with Crippen molar-refractivity contribution in [3.05, 3.63) is 17.7 Å². The van der Waals surface area contributed by atoms with Gasteiger partial charge < -0.3 is 25.3 Å². The van der Waals surface area contributed by atoms with Crippen molar-refractivity contribution in [1.29, 1.82) is 0 Å². The fourth-order valence-corrected chi connectivity index (χ4v) is 2.14. The Labute approximate surface area is 119 Å². The predicted octanol–water partition coefficient (Wildman–Crippen LogP) is 1.24. The number of amides is 1. The highest BCUT2D eigenvalue weighted by Crippen LogP contribution is 2.42. The van der Waals surface area contributed by atoms with Gasteiger partial charge in [-0.05, 0) is 18.7 Å². The molecule has 6 heteroatoms. The van der Waals surface area contributed by atoms with Crippen molar-refractivity contribution in [2.45, 2.75) is 19.4 Å². The second-order valence-corrected chi connectivity index (χ2v) is 4.20. The molecule has 6 nitrogen and oxygen atoms in total. The number of methoxy groups -OCH3 is 3. The highest BCUT2D eigenvalue weighted by molar-refractivity contribution is 5.75. The molecule has 0 spiro atoms. The van der Waals surface area contributed by atoms with Crippen LogP contribution in [-0.2, 0) is 4.79 Å². The Kier molecular flexibility index (Phi) is 6.11. The lowest BCUT2D eigenvalue weighted by Crippen LogP contribution is -2.27. The van der Waals surface area contributed by atoms with Crippen LogP contribution in [0.15, 0.2) is 12.1 Å². The number of benzene rings is 1. The first-order chi connectivity index (χ1) is 9.58. The Morgan fingerprint density at radius 1 is 1.20 bits per heavy atom. The number of ether oxygens (including phenoxy) is 3. The molecule has 0 radical (unpaired) electrons. The van der Waals surface area contributed by atoms with Gasteiger partial charge in [0.05, 0.1) is 21.3 Å². The van der Waals surface area contributed by atoms with Gasteiger partial charge in [-0.15, -0.1) is 0 Å². The Morgan fingerprint density at radius 3 is 2.30 bits per heavy atom. The van der Waals surface area contributed by atoms with Crippen LogP contribution < -0.4 is 25.3 Å². The Bertz CT molecular complexity index is 463. The summed E-state index contributed by atoms with van der Waals surface area (Å²) < 4.78 is 16.0. The first-order valence-corrected chi connectivity index (χ1v) is 6.39. The van der Waals surface area contributed by atoms with E-state index in [9.17, 15) is 4.79 Å². The zero-order valence-corrected chi connectivity index (χ0v) is 12.4. The zero-order valence-electron chi connectivity index (χ0n) is 12.4. The van der Waals surface area contributed by atoms with Gasteiger partial charge >= 0.3 is 0 Å². The highest BCUT2D eigenvalue weighted by Gasteiger charge is 2.23. The van der Waals surface area contributed by atoms with Gasteiger partial charge in [-0.1, -0.05) is 6.92 Å². The van der Waals surface area contributed by atoms with E-state index >= 15 is 0 Å². The van der Waals surface area contributed by atoms with E-state index in [2.05, 4.69) is 5.32 Å². The third-order valence-electron chi connectivity index (χ3n) is 2.97. The van der Waals surface area contributed by atoms with Crippen molar-refractivity contribution in [2.75, 3.05) is 27.9 Å². The molecule has 0 saturated heterocycles. The number of nitrogens with one attached hydrogen (secondary N) is 1. The minimum Gasteiger partial charge on any atom is -0.493 e. The second kappa shape index (κ2) is 7.59. The average Bonchev–Trinajstić information content (AvgIpc) is 2.44. The van der Waals surface area contributed by atoms with E-state index in [0.29, 0.717) is 23.8 Å². The van der Waals surface area contributed by atoms with Crippen LogP contribution in [0.5, 0.6) is 17.2 Å². The maximum absolute atomic E-state index is 11.2. The molecule has 1 aromatic rings. The van der Waals surface area contributed by atoms with Crippen LogP contribution in [-0.4, -0.2) is 33.8 Å². The first kappa shape index (κ1) is 16.1. The van der Waals surface area contributed by atoms with E-state index in [1.165, 1.54) is 0 Å². The molecule has 0 bridgehead atoms. The maximum atomic E-state index is 11.2. The minimum atomic E-state index is -0.382. The largest absolute Gasteiger partial charge is 0.493 e. The molecule has 1 atom stereocenters. The molecule has 0 fully saturated rings. The lowest BCUT2D eigenvalue weighted by molar-refractivity contribution is -0.118. The molecule has 3 N–H and O–H groups in total. The molecule has 0 aliphatic heterocycles. The van der Waals surface area contributed by atoms with E-state index in [4.69, 9.17) is 19.9 Å². The van der Waals surface area contributed by atoms with E-state index in [1.807, 2.05) is 13.0 Å². The summed E-state index contributed by atoms with van der Waals surface area (Å²) in [5, 5.41) is 3.22. The van der Waals surface area contributed by atoms with E-state index in [-0.39, 0.29) is 18.4 Å². The van der Waals surface area contributed by atoms with Crippen LogP contribution >= 0.6 is 0 Å². The van der Waals surface area contributed by atoms with Crippen molar-refractivity contribution in [3.8, 4) is 17.2 Å². The first-order valence-electron chi connectivity index (χ1n) is 6.39. The quantitative estimate of drug-likeness (QED) is 0.749. The lowest BCUT2D eigenvalue weighted by atomic mass is 10.0. The van der Waals surface area contributed by atoms with Crippen LogP contribution in [0.3, 0.4) is 0 Å². The standard InChI is InChI=1S/C14H22N2O4/c1-5-16-10(8-12(15)17)9-6-7-11(18-2)14(20-4)13(9)19-3/h6-7,10,16H,5,8H2,1-4H3,(H2,15,17). The van der Waals surface area contributed by atoms with Crippen LogP contribution in [0.4, 0.5) is 0 Å². The monoisotopic (exact) mass is 282 g/mol. The normalized spacial score (nSPS) is 11.8. The van der Waals surface area contributed by atoms with Crippen molar-refractivity contribution >= 4 is 5.91 Å². The average molecular weight is 282 g/mol. The zero-order chi connectivity index (χ0) is 15.1. The van der Waals surface area contributed by atoms with Crippen molar-refractivity contribution in [2.24, 2.45) is 5.73 Å². The molecular formula is C14H22N2O4. The Morgan fingerprint density at radius 2 is 1.85 bits per heavy atom. The predicted molar refractivity (Wildman–Crippen MR) is 76.3 cm³/mol. The number of carbonyl (C=O) groups is 1.